The molecule has 1 aromatic rings. The molecule has 1 fully saturated rings. The van der Waals surface area contributed by atoms with Crippen molar-refractivity contribution >= 4 is 0 Å². The van der Waals surface area contributed by atoms with Crippen molar-refractivity contribution in [1.29, 1.82) is 0 Å². The maximum absolute atomic E-state index is 5.48. The van der Waals surface area contributed by atoms with Crippen LogP contribution in [0.1, 0.15) is 37.3 Å². The molecule has 0 heterocycles. The molecular formula is C16H26N2O. The van der Waals surface area contributed by atoms with Gasteiger partial charge in [0.1, 0.15) is 5.75 Å². The Morgan fingerprint density at radius 1 is 1.32 bits per heavy atom. The van der Waals surface area contributed by atoms with Crippen LogP contribution in [-0.2, 0) is 0 Å². The van der Waals surface area contributed by atoms with E-state index < -0.39 is 0 Å². The predicted molar refractivity (Wildman–Crippen MR) is 79.7 cm³/mol. The van der Waals surface area contributed by atoms with E-state index in [0.717, 1.165) is 18.3 Å². The molecule has 1 aromatic carbocycles. The minimum atomic E-state index is 0.321. The number of benzene rings is 1. The SMILES string of the molecule is CNC(CN(C)C1CCCC1)c1ccccc1OC. The highest BCUT2D eigenvalue weighted by Crippen LogP contribution is 2.28. The number of para-hydroxylation sites is 1. The van der Waals surface area contributed by atoms with Crippen LogP contribution in [0, 0.1) is 0 Å². The summed E-state index contributed by atoms with van der Waals surface area (Å²) >= 11 is 0. The van der Waals surface area contributed by atoms with Gasteiger partial charge < -0.3 is 15.0 Å². The molecule has 0 amide bonds. The lowest BCUT2D eigenvalue weighted by Crippen LogP contribution is -2.37. The molecule has 0 spiro atoms. The van der Waals surface area contributed by atoms with E-state index in [-0.39, 0.29) is 0 Å². The molecule has 1 N–H and O–H groups in total. The van der Waals surface area contributed by atoms with Gasteiger partial charge in [0.25, 0.3) is 0 Å². The Morgan fingerprint density at radius 3 is 2.63 bits per heavy atom. The highest BCUT2D eigenvalue weighted by atomic mass is 16.5. The first kappa shape index (κ1) is 14.4. The van der Waals surface area contributed by atoms with Crippen molar-refractivity contribution in [3.05, 3.63) is 29.8 Å². The molecule has 1 atom stereocenters. The van der Waals surface area contributed by atoms with Gasteiger partial charge in [0.05, 0.1) is 7.11 Å². The molecule has 1 unspecified atom stereocenters. The molecule has 0 aromatic heterocycles. The van der Waals surface area contributed by atoms with E-state index in [0.29, 0.717) is 6.04 Å². The van der Waals surface area contributed by atoms with Crippen molar-refractivity contribution in [2.75, 3.05) is 27.7 Å². The lowest BCUT2D eigenvalue weighted by atomic mass is 10.0. The van der Waals surface area contributed by atoms with Gasteiger partial charge in [-0.3, -0.25) is 0 Å². The number of rotatable bonds is 6. The van der Waals surface area contributed by atoms with E-state index in [1.807, 2.05) is 19.2 Å². The largest absolute Gasteiger partial charge is 0.496 e. The highest BCUT2D eigenvalue weighted by molar-refractivity contribution is 5.36. The minimum Gasteiger partial charge on any atom is -0.496 e. The maximum Gasteiger partial charge on any atom is 0.123 e. The van der Waals surface area contributed by atoms with E-state index in [1.54, 1.807) is 7.11 Å². The monoisotopic (exact) mass is 262 g/mol. The third-order valence-corrected chi connectivity index (χ3v) is 4.28. The average Bonchev–Trinajstić information content (AvgIpc) is 2.98. The van der Waals surface area contributed by atoms with Gasteiger partial charge in [0.2, 0.25) is 0 Å². The second-order valence-corrected chi connectivity index (χ2v) is 5.46. The summed E-state index contributed by atoms with van der Waals surface area (Å²) in [5, 5.41) is 3.43. The second kappa shape index (κ2) is 6.92. The molecule has 106 valence electrons. The fraction of sp³-hybridized carbons (Fsp3) is 0.625. The third-order valence-electron chi connectivity index (χ3n) is 4.28. The van der Waals surface area contributed by atoms with Crippen molar-refractivity contribution in [3.8, 4) is 5.75 Å². The zero-order valence-electron chi connectivity index (χ0n) is 12.4. The maximum atomic E-state index is 5.48. The minimum absolute atomic E-state index is 0.321. The number of hydrogen-bond acceptors (Lipinski definition) is 3. The molecule has 0 aliphatic heterocycles. The summed E-state index contributed by atoms with van der Waals surface area (Å²) in [5.74, 6) is 0.974. The molecule has 0 saturated heterocycles. The first-order valence-corrected chi connectivity index (χ1v) is 7.26. The quantitative estimate of drug-likeness (QED) is 0.853. The molecule has 3 nitrogen and oxygen atoms in total. The fourth-order valence-electron chi connectivity index (χ4n) is 3.08. The Hall–Kier alpha value is -1.06. The van der Waals surface area contributed by atoms with E-state index in [4.69, 9.17) is 4.74 Å². The molecule has 1 saturated carbocycles. The van der Waals surface area contributed by atoms with Crippen LogP contribution in [0.25, 0.3) is 0 Å². The zero-order chi connectivity index (χ0) is 13.7. The number of nitrogens with zero attached hydrogens (tertiary/aromatic N) is 1. The van der Waals surface area contributed by atoms with Crippen molar-refractivity contribution in [3.63, 3.8) is 0 Å². The van der Waals surface area contributed by atoms with Gasteiger partial charge in [-0.15, -0.1) is 0 Å². The van der Waals surface area contributed by atoms with Gasteiger partial charge in [-0.25, -0.2) is 0 Å². The second-order valence-electron chi connectivity index (χ2n) is 5.46. The van der Waals surface area contributed by atoms with Crippen LogP contribution in [-0.4, -0.2) is 38.7 Å². The van der Waals surface area contributed by atoms with Gasteiger partial charge >= 0.3 is 0 Å². The fourth-order valence-corrected chi connectivity index (χ4v) is 3.08. The predicted octanol–water partition coefficient (Wildman–Crippen LogP) is 2.83. The lowest BCUT2D eigenvalue weighted by Gasteiger charge is -2.29. The Labute approximate surface area is 116 Å². The summed E-state index contributed by atoms with van der Waals surface area (Å²) in [5.41, 5.74) is 1.25. The number of nitrogens with one attached hydrogen (secondary N) is 1. The standard InChI is InChI=1S/C16H26N2O/c1-17-15(12-18(2)13-8-4-5-9-13)14-10-6-7-11-16(14)19-3/h6-7,10-11,13,15,17H,4-5,8-9,12H2,1-3H3. The zero-order valence-corrected chi connectivity index (χ0v) is 12.4. The van der Waals surface area contributed by atoms with E-state index in [9.17, 15) is 0 Å². The molecular weight excluding hydrogens is 236 g/mol. The van der Waals surface area contributed by atoms with Crippen LogP contribution in [0.3, 0.4) is 0 Å². The Bertz CT molecular complexity index is 388. The number of methoxy groups -OCH3 is 1. The summed E-state index contributed by atoms with van der Waals surface area (Å²) in [4.78, 5) is 2.50. The summed E-state index contributed by atoms with van der Waals surface area (Å²) in [6.45, 7) is 1.03. The molecule has 2 rings (SSSR count). The molecule has 0 radical (unpaired) electrons. The van der Waals surface area contributed by atoms with Gasteiger partial charge in [-0.2, -0.15) is 0 Å². The van der Waals surface area contributed by atoms with Crippen LogP contribution < -0.4 is 10.1 Å². The van der Waals surface area contributed by atoms with Gasteiger partial charge in [0.15, 0.2) is 0 Å². The van der Waals surface area contributed by atoms with Crippen molar-refractivity contribution in [2.45, 2.75) is 37.8 Å². The van der Waals surface area contributed by atoms with E-state index >= 15 is 0 Å². The summed E-state index contributed by atoms with van der Waals surface area (Å²) in [6, 6.07) is 9.37. The molecule has 19 heavy (non-hydrogen) atoms. The number of hydrogen-bond donors (Lipinski definition) is 1. The van der Waals surface area contributed by atoms with Gasteiger partial charge in [-0.1, -0.05) is 31.0 Å². The van der Waals surface area contributed by atoms with Crippen molar-refractivity contribution in [2.24, 2.45) is 0 Å². The Morgan fingerprint density at radius 2 is 2.00 bits per heavy atom. The topological polar surface area (TPSA) is 24.5 Å². The number of ether oxygens (including phenoxy) is 1. The van der Waals surface area contributed by atoms with Crippen LogP contribution >= 0.6 is 0 Å². The Kier molecular flexibility index (Phi) is 5.23. The van der Waals surface area contributed by atoms with Gasteiger partial charge in [0, 0.05) is 24.2 Å². The van der Waals surface area contributed by atoms with Gasteiger partial charge in [-0.05, 0) is 33.0 Å². The summed E-state index contributed by atoms with van der Waals surface area (Å²) in [6.07, 6.45) is 5.46. The van der Waals surface area contributed by atoms with Crippen LogP contribution in [0.5, 0.6) is 5.75 Å². The molecule has 1 aliphatic carbocycles. The van der Waals surface area contributed by atoms with Crippen molar-refractivity contribution in [1.82, 2.24) is 10.2 Å². The Balaban J connectivity index is 2.06. The lowest BCUT2D eigenvalue weighted by molar-refractivity contribution is 0.220. The smallest absolute Gasteiger partial charge is 0.123 e. The summed E-state index contributed by atoms with van der Waals surface area (Å²) < 4.78 is 5.48. The van der Waals surface area contributed by atoms with Crippen LogP contribution in [0.4, 0.5) is 0 Å². The third kappa shape index (κ3) is 3.48. The first-order valence-electron chi connectivity index (χ1n) is 7.26. The first-order chi connectivity index (χ1) is 9.26. The van der Waals surface area contributed by atoms with Crippen LogP contribution in [0.2, 0.25) is 0 Å². The number of likely N-dealkylation sites (N-methyl/N-ethyl adjacent to an activating group) is 2. The van der Waals surface area contributed by atoms with Crippen LogP contribution in [0.15, 0.2) is 24.3 Å². The summed E-state index contributed by atoms with van der Waals surface area (Å²) in [7, 11) is 6.02. The highest BCUT2D eigenvalue weighted by Gasteiger charge is 2.23. The van der Waals surface area contributed by atoms with E-state index in [2.05, 4.69) is 29.4 Å². The normalized spacial score (nSPS) is 17.9. The molecule has 3 heteroatoms. The van der Waals surface area contributed by atoms with Crippen molar-refractivity contribution < 1.29 is 4.74 Å². The molecule has 1 aliphatic rings. The molecule has 0 bridgehead atoms. The van der Waals surface area contributed by atoms with E-state index in [1.165, 1.54) is 31.2 Å². The average molecular weight is 262 g/mol.